The van der Waals surface area contributed by atoms with Crippen molar-refractivity contribution in [3.63, 3.8) is 0 Å². The lowest BCUT2D eigenvalue weighted by atomic mass is 10.2. The van der Waals surface area contributed by atoms with E-state index in [1.807, 2.05) is 13.0 Å². The number of ether oxygens (including phenoxy) is 2. The first-order chi connectivity index (χ1) is 10.2. The van der Waals surface area contributed by atoms with Crippen LogP contribution in [0.2, 0.25) is 5.02 Å². The molecule has 1 aromatic heterocycles. The fraction of sp³-hybridized carbons (Fsp3) is 0.333. The lowest BCUT2D eigenvalue weighted by Gasteiger charge is -2.07. The highest BCUT2D eigenvalue weighted by Gasteiger charge is 2.03. The van der Waals surface area contributed by atoms with Crippen LogP contribution in [0.5, 0.6) is 11.8 Å². The molecule has 6 heteroatoms. The molecule has 0 bridgehead atoms. The number of nitrogens with one attached hydrogen (secondary N) is 1. The molecule has 0 amide bonds. The van der Waals surface area contributed by atoms with Gasteiger partial charge < -0.3 is 14.8 Å². The Morgan fingerprint density at radius 1 is 1.24 bits per heavy atom. The number of benzene rings is 1. The second-order valence-electron chi connectivity index (χ2n) is 4.56. The number of rotatable bonds is 7. The van der Waals surface area contributed by atoms with Crippen LogP contribution in [0.4, 0.5) is 0 Å². The van der Waals surface area contributed by atoms with Gasteiger partial charge in [-0.1, -0.05) is 11.6 Å². The highest BCUT2D eigenvalue weighted by molar-refractivity contribution is 6.31. The minimum Gasteiger partial charge on any atom is -0.424 e. The zero-order chi connectivity index (χ0) is 15.1. The highest BCUT2D eigenvalue weighted by Crippen LogP contribution is 2.23. The maximum Gasteiger partial charge on any atom is 0.321 e. The molecule has 112 valence electrons. The molecule has 2 aromatic rings. The summed E-state index contributed by atoms with van der Waals surface area (Å²) in [6, 6.07) is 5.75. The number of aryl methyl sites for hydroxylation is 1. The van der Waals surface area contributed by atoms with Crippen LogP contribution in [0, 0.1) is 6.92 Å². The van der Waals surface area contributed by atoms with E-state index in [-0.39, 0.29) is 0 Å². The van der Waals surface area contributed by atoms with Gasteiger partial charge in [0.05, 0.1) is 6.61 Å². The number of aromatic nitrogens is 2. The van der Waals surface area contributed by atoms with Crippen molar-refractivity contribution < 1.29 is 9.47 Å². The van der Waals surface area contributed by atoms with Gasteiger partial charge in [-0.15, -0.1) is 0 Å². The highest BCUT2D eigenvalue weighted by atomic mass is 35.5. The van der Waals surface area contributed by atoms with Gasteiger partial charge in [0.25, 0.3) is 0 Å². The van der Waals surface area contributed by atoms with E-state index in [4.69, 9.17) is 21.1 Å². The summed E-state index contributed by atoms with van der Waals surface area (Å²) in [6.45, 7) is 4.09. The zero-order valence-corrected chi connectivity index (χ0v) is 12.9. The van der Waals surface area contributed by atoms with E-state index in [1.165, 1.54) is 0 Å². The molecule has 0 aliphatic rings. The Balaban J connectivity index is 1.91. The number of methoxy groups -OCH3 is 1. The second-order valence-corrected chi connectivity index (χ2v) is 4.96. The topological polar surface area (TPSA) is 56.3 Å². The summed E-state index contributed by atoms with van der Waals surface area (Å²) in [5, 5.41) is 3.93. The Bertz CT molecular complexity index is 576. The number of hydrogen-bond donors (Lipinski definition) is 1. The predicted molar refractivity (Wildman–Crippen MR) is 81.9 cm³/mol. The SMILES string of the molecule is COCCNCc1cnc(Oc2ccc(Cl)c(C)c2)nc1. The molecule has 1 heterocycles. The van der Waals surface area contributed by atoms with Crippen LogP contribution in [0.15, 0.2) is 30.6 Å². The van der Waals surface area contributed by atoms with E-state index in [0.717, 1.165) is 17.7 Å². The Morgan fingerprint density at radius 3 is 2.67 bits per heavy atom. The molecule has 0 atom stereocenters. The van der Waals surface area contributed by atoms with Gasteiger partial charge in [-0.3, -0.25) is 0 Å². The molecule has 0 unspecified atom stereocenters. The maximum atomic E-state index is 5.97. The monoisotopic (exact) mass is 307 g/mol. The third-order valence-corrected chi connectivity index (χ3v) is 3.26. The van der Waals surface area contributed by atoms with Crippen molar-refractivity contribution >= 4 is 11.6 Å². The third-order valence-electron chi connectivity index (χ3n) is 2.83. The third kappa shape index (κ3) is 4.97. The Labute approximate surface area is 129 Å². The molecule has 21 heavy (non-hydrogen) atoms. The smallest absolute Gasteiger partial charge is 0.321 e. The molecule has 0 aliphatic carbocycles. The van der Waals surface area contributed by atoms with Crippen molar-refractivity contribution in [2.75, 3.05) is 20.3 Å². The molecule has 0 saturated carbocycles. The standard InChI is InChI=1S/C15H18ClN3O2/c1-11-7-13(3-4-14(11)16)21-15-18-9-12(10-19-15)8-17-5-6-20-2/h3-4,7,9-10,17H,5-6,8H2,1-2H3. The van der Waals surface area contributed by atoms with E-state index < -0.39 is 0 Å². The fourth-order valence-electron chi connectivity index (χ4n) is 1.68. The van der Waals surface area contributed by atoms with Crippen LogP contribution in [0.3, 0.4) is 0 Å². The summed E-state index contributed by atoms with van der Waals surface area (Å²) < 4.78 is 10.6. The van der Waals surface area contributed by atoms with Crippen molar-refractivity contribution in [3.8, 4) is 11.8 Å². The van der Waals surface area contributed by atoms with Crippen LogP contribution >= 0.6 is 11.6 Å². The van der Waals surface area contributed by atoms with Crippen LogP contribution in [0.25, 0.3) is 0 Å². The lowest BCUT2D eigenvalue weighted by Crippen LogP contribution is -2.18. The Morgan fingerprint density at radius 2 is 2.00 bits per heavy atom. The van der Waals surface area contributed by atoms with Crippen LogP contribution < -0.4 is 10.1 Å². The molecule has 5 nitrogen and oxygen atoms in total. The van der Waals surface area contributed by atoms with Gasteiger partial charge in [0.1, 0.15) is 5.75 Å². The average Bonchev–Trinajstić information content (AvgIpc) is 2.49. The number of halogens is 1. The van der Waals surface area contributed by atoms with Gasteiger partial charge in [-0.05, 0) is 30.7 Å². The van der Waals surface area contributed by atoms with Crippen molar-refractivity contribution in [3.05, 3.63) is 46.7 Å². The van der Waals surface area contributed by atoms with E-state index in [9.17, 15) is 0 Å². The number of nitrogens with zero attached hydrogens (tertiary/aromatic N) is 2. The van der Waals surface area contributed by atoms with Crippen LogP contribution in [-0.2, 0) is 11.3 Å². The molecule has 0 aliphatic heterocycles. The van der Waals surface area contributed by atoms with Gasteiger partial charge in [-0.25, -0.2) is 9.97 Å². The summed E-state index contributed by atoms with van der Waals surface area (Å²) >= 11 is 5.97. The van der Waals surface area contributed by atoms with Crippen molar-refractivity contribution in [2.45, 2.75) is 13.5 Å². The minimum absolute atomic E-state index is 0.317. The minimum atomic E-state index is 0.317. The van der Waals surface area contributed by atoms with E-state index in [1.54, 1.807) is 31.6 Å². The first-order valence-corrected chi connectivity index (χ1v) is 7.01. The molecule has 1 aromatic carbocycles. The first kappa shape index (κ1) is 15.7. The normalized spacial score (nSPS) is 10.6. The van der Waals surface area contributed by atoms with Gasteiger partial charge in [-0.2, -0.15) is 0 Å². The molecule has 0 saturated heterocycles. The average molecular weight is 308 g/mol. The second kappa shape index (κ2) is 7.93. The quantitative estimate of drug-likeness (QED) is 0.797. The van der Waals surface area contributed by atoms with Crippen molar-refractivity contribution in [1.29, 1.82) is 0 Å². The van der Waals surface area contributed by atoms with Gasteiger partial charge >= 0.3 is 6.01 Å². The van der Waals surface area contributed by atoms with Crippen molar-refractivity contribution in [2.24, 2.45) is 0 Å². The maximum absolute atomic E-state index is 5.97. The van der Waals surface area contributed by atoms with Gasteiger partial charge in [0.2, 0.25) is 0 Å². The summed E-state index contributed by atoms with van der Waals surface area (Å²) in [5.74, 6) is 0.669. The van der Waals surface area contributed by atoms with Crippen LogP contribution in [0.1, 0.15) is 11.1 Å². The molecular formula is C15H18ClN3O2. The molecule has 0 fully saturated rings. The van der Waals surface area contributed by atoms with Gasteiger partial charge in [0, 0.05) is 43.2 Å². The Hall–Kier alpha value is -1.69. The Kier molecular flexibility index (Phi) is 5.92. The molecule has 0 spiro atoms. The zero-order valence-electron chi connectivity index (χ0n) is 12.1. The van der Waals surface area contributed by atoms with Crippen LogP contribution in [-0.4, -0.2) is 30.2 Å². The van der Waals surface area contributed by atoms with Gasteiger partial charge in [0.15, 0.2) is 0 Å². The largest absolute Gasteiger partial charge is 0.424 e. The number of hydrogen-bond acceptors (Lipinski definition) is 5. The van der Waals surface area contributed by atoms with E-state index in [0.29, 0.717) is 29.9 Å². The summed E-state index contributed by atoms with van der Waals surface area (Å²) in [4.78, 5) is 8.37. The summed E-state index contributed by atoms with van der Waals surface area (Å²) in [7, 11) is 1.68. The van der Waals surface area contributed by atoms with Crippen molar-refractivity contribution in [1.82, 2.24) is 15.3 Å². The lowest BCUT2D eigenvalue weighted by molar-refractivity contribution is 0.199. The summed E-state index contributed by atoms with van der Waals surface area (Å²) in [5.41, 5.74) is 1.94. The molecule has 1 N–H and O–H groups in total. The summed E-state index contributed by atoms with van der Waals surface area (Å²) in [6.07, 6.45) is 3.48. The fourth-order valence-corrected chi connectivity index (χ4v) is 1.80. The molecule has 0 radical (unpaired) electrons. The predicted octanol–water partition coefficient (Wildman–Crippen LogP) is 2.97. The van der Waals surface area contributed by atoms with E-state index in [2.05, 4.69) is 15.3 Å². The molecular weight excluding hydrogens is 290 g/mol. The first-order valence-electron chi connectivity index (χ1n) is 6.63. The molecule has 2 rings (SSSR count). The van der Waals surface area contributed by atoms with E-state index >= 15 is 0 Å².